The van der Waals surface area contributed by atoms with E-state index in [0.717, 1.165) is 11.0 Å². The Hall–Kier alpha value is -1.72. The molecule has 86 valence electrons. The van der Waals surface area contributed by atoms with Crippen molar-refractivity contribution in [1.82, 2.24) is 4.90 Å². The highest BCUT2D eigenvalue weighted by atomic mass is 16.5. The molecule has 0 fully saturated rings. The van der Waals surface area contributed by atoms with Crippen LogP contribution in [0.4, 0.5) is 4.79 Å². The Morgan fingerprint density at radius 2 is 1.80 bits per heavy atom. The minimum Gasteiger partial charge on any atom is -0.479 e. The van der Waals surface area contributed by atoms with Gasteiger partial charge >= 0.3 is 12.0 Å². The lowest BCUT2D eigenvalue weighted by atomic mass is 10.5. The molecule has 0 radical (unpaired) electrons. The number of rotatable bonds is 5. The Balaban J connectivity index is 4.63. The highest BCUT2D eigenvalue weighted by Crippen LogP contribution is 2.03. The van der Waals surface area contributed by atoms with Crippen molar-refractivity contribution < 1.29 is 19.1 Å². The summed E-state index contributed by atoms with van der Waals surface area (Å²) in [6.07, 6.45) is 1.08. The fraction of sp³-hybridized carbons (Fsp3) is 0.556. The average Bonchev–Trinajstić information content (AvgIpc) is 2.16. The first-order valence-corrected chi connectivity index (χ1v) is 4.57. The van der Waals surface area contributed by atoms with E-state index in [2.05, 4.69) is 4.74 Å². The van der Waals surface area contributed by atoms with E-state index in [-0.39, 0.29) is 12.5 Å². The van der Waals surface area contributed by atoms with Crippen molar-refractivity contribution in [2.24, 2.45) is 5.73 Å². The topological polar surface area (TPSA) is 81.9 Å². The molecule has 0 aromatic heterocycles. The van der Waals surface area contributed by atoms with Gasteiger partial charge in [0, 0.05) is 7.05 Å². The van der Waals surface area contributed by atoms with Gasteiger partial charge in [0.1, 0.15) is 0 Å². The van der Waals surface area contributed by atoms with Crippen LogP contribution in [-0.4, -0.2) is 37.2 Å². The van der Waals surface area contributed by atoms with E-state index in [1.807, 2.05) is 0 Å². The van der Waals surface area contributed by atoms with Gasteiger partial charge in [0.2, 0.25) is 5.88 Å². The molecular weight excluding hydrogens is 200 g/mol. The van der Waals surface area contributed by atoms with Crippen LogP contribution >= 0.6 is 0 Å². The first-order valence-electron chi connectivity index (χ1n) is 4.57. The average molecular weight is 216 g/mol. The number of esters is 1. The summed E-state index contributed by atoms with van der Waals surface area (Å²) in [4.78, 5) is 23.0. The van der Waals surface area contributed by atoms with Crippen LogP contribution in [0.1, 0.15) is 13.8 Å². The fourth-order valence-corrected chi connectivity index (χ4v) is 0.777. The summed E-state index contributed by atoms with van der Waals surface area (Å²) < 4.78 is 9.74. The molecule has 15 heavy (non-hydrogen) atoms. The molecule has 6 heteroatoms. The summed E-state index contributed by atoms with van der Waals surface area (Å²) in [5, 5.41) is 0. The van der Waals surface area contributed by atoms with Crippen LogP contribution in [0.25, 0.3) is 0 Å². The number of primary amides is 1. The Morgan fingerprint density at radius 1 is 1.27 bits per heavy atom. The zero-order valence-corrected chi connectivity index (χ0v) is 9.15. The molecule has 0 aliphatic carbocycles. The molecule has 0 saturated heterocycles. The maximum Gasteiger partial charge on any atom is 0.336 e. The number of hydrogen-bond donors (Lipinski definition) is 1. The monoisotopic (exact) mass is 216 g/mol. The lowest BCUT2D eigenvalue weighted by Gasteiger charge is -2.17. The van der Waals surface area contributed by atoms with Crippen LogP contribution in [0, 0.1) is 0 Å². The second-order valence-electron chi connectivity index (χ2n) is 2.56. The maximum atomic E-state index is 11.1. The van der Waals surface area contributed by atoms with Crippen molar-refractivity contribution in [3.05, 3.63) is 12.0 Å². The first-order chi connectivity index (χ1) is 7.02. The summed E-state index contributed by atoms with van der Waals surface area (Å²) in [5.41, 5.74) is 5.03. The number of amides is 2. The van der Waals surface area contributed by atoms with E-state index >= 15 is 0 Å². The molecule has 0 aromatic carbocycles. The van der Waals surface area contributed by atoms with Crippen molar-refractivity contribution in [1.29, 1.82) is 0 Å². The molecule has 0 unspecified atom stereocenters. The third-order valence-electron chi connectivity index (χ3n) is 1.48. The number of carbonyl (C=O) groups excluding carboxylic acids is 2. The molecule has 0 atom stereocenters. The highest BCUT2D eigenvalue weighted by molar-refractivity contribution is 5.83. The summed E-state index contributed by atoms with van der Waals surface area (Å²) >= 11 is 0. The molecule has 0 aliphatic heterocycles. The van der Waals surface area contributed by atoms with Crippen molar-refractivity contribution in [2.45, 2.75) is 13.8 Å². The molecule has 0 heterocycles. The Morgan fingerprint density at radius 3 is 2.20 bits per heavy atom. The molecule has 0 bridgehead atoms. The van der Waals surface area contributed by atoms with Crippen LogP contribution < -0.4 is 5.73 Å². The summed E-state index contributed by atoms with van der Waals surface area (Å²) in [6, 6.07) is -0.709. The van der Waals surface area contributed by atoms with Crippen molar-refractivity contribution in [3.8, 4) is 0 Å². The van der Waals surface area contributed by atoms with Crippen molar-refractivity contribution in [3.63, 3.8) is 0 Å². The van der Waals surface area contributed by atoms with E-state index in [1.54, 1.807) is 13.8 Å². The summed E-state index contributed by atoms with van der Waals surface area (Å²) in [5.74, 6) is -0.502. The van der Waals surface area contributed by atoms with Gasteiger partial charge in [0.15, 0.2) is 0 Å². The molecule has 0 rings (SSSR count). The lowest BCUT2D eigenvalue weighted by Crippen LogP contribution is -2.33. The number of ether oxygens (including phenoxy) is 2. The molecule has 2 amide bonds. The number of carbonyl (C=O) groups is 2. The molecule has 6 nitrogen and oxygen atoms in total. The first kappa shape index (κ1) is 13.3. The van der Waals surface area contributed by atoms with E-state index in [0.29, 0.717) is 6.61 Å². The number of nitrogens with zero attached hydrogens (tertiary/aromatic N) is 1. The van der Waals surface area contributed by atoms with Gasteiger partial charge in [-0.3, -0.25) is 4.90 Å². The van der Waals surface area contributed by atoms with Gasteiger partial charge in [-0.05, 0) is 13.8 Å². The third-order valence-corrected chi connectivity index (χ3v) is 1.48. The largest absolute Gasteiger partial charge is 0.479 e. The highest BCUT2D eigenvalue weighted by Gasteiger charge is 2.13. The van der Waals surface area contributed by atoms with Crippen LogP contribution in [-0.2, 0) is 14.3 Å². The number of nitrogens with two attached hydrogens (primary N) is 1. The quantitative estimate of drug-likeness (QED) is 0.410. The van der Waals surface area contributed by atoms with Gasteiger partial charge in [0.25, 0.3) is 0 Å². The maximum absolute atomic E-state index is 11.1. The number of hydrogen-bond acceptors (Lipinski definition) is 4. The minimum absolute atomic E-state index is 0.0726. The lowest BCUT2D eigenvalue weighted by molar-refractivity contribution is -0.137. The van der Waals surface area contributed by atoms with Gasteiger partial charge in [-0.2, -0.15) is 0 Å². The van der Waals surface area contributed by atoms with Crippen LogP contribution in [0.3, 0.4) is 0 Å². The summed E-state index contributed by atoms with van der Waals surface area (Å²) in [7, 11) is 1.41. The van der Waals surface area contributed by atoms with Crippen LogP contribution in [0.2, 0.25) is 0 Å². The Bertz CT molecular complexity index is 263. The van der Waals surface area contributed by atoms with Crippen molar-refractivity contribution in [2.75, 3.05) is 20.3 Å². The summed E-state index contributed by atoms with van der Waals surface area (Å²) in [6.45, 7) is 4.00. The van der Waals surface area contributed by atoms with Crippen molar-refractivity contribution >= 4 is 12.0 Å². The predicted molar refractivity (Wildman–Crippen MR) is 53.7 cm³/mol. The molecule has 2 N–H and O–H groups in total. The molecule has 0 saturated carbocycles. The van der Waals surface area contributed by atoms with Gasteiger partial charge < -0.3 is 15.2 Å². The molecule has 0 spiro atoms. The molecule has 0 aliphatic rings. The number of urea groups is 1. The Labute approximate surface area is 88.6 Å². The van der Waals surface area contributed by atoms with E-state index in [9.17, 15) is 9.59 Å². The molecule has 0 aromatic rings. The second kappa shape index (κ2) is 6.69. The SMILES string of the molecule is CCOC(=O)C=C(OCC)N(C)C(N)=O. The van der Waals surface area contributed by atoms with E-state index < -0.39 is 12.0 Å². The van der Waals surface area contributed by atoms with Gasteiger partial charge in [-0.25, -0.2) is 9.59 Å². The smallest absolute Gasteiger partial charge is 0.336 e. The fourth-order valence-electron chi connectivity index (χ4n) is 0.777. The van der Waals surface area contributed by atoms with Crippen LogP contribution in [0.15, 0.2) is 12.0 Å². The predicted octanol–water partition coefficient (Wildman–Crippen LogP) is 0.438. The van der Waals surface area contributed by atoms with Crippen LogP contribution in [0.5, 0.6) is 0 Å². The molecular formula is C9H16N2O4. The Kier molecular flexibility index (Phi) is 5.92. The van der Waals surface area contributed by atoms with E-state index in [4.69, 9.17) is 10.5 Å². The second-order valence-corrected chi connectivity index (χ2v) is 2.56. The zero-order valence-electron chi connectivity index (χ0n) is 9.15. The van der Waals surface area contributed by atoms with Gasteiger partial charge in [-0.15, -0.1) is 0 Å². The van der Waals surface area contributed by atoms with Gasteiger partial charge in [0.05, 0.1) is 19.3 Å². The van der Waals surface area contributed by atoms with Gasteiger partial charge in [-0.1, -0.05) is 0 Å². The normalized spacial score (nSPS) is 10.7. The standard InChI is InChI=1S/C9H16N2O4/c1-4-14-7(11(3)9(10)13)6-8(12)15-5-2/h6H,4-5H2,1-3H3,(H2,10,13). The minimum atomic E-state index is -0.709. The zero-order chi connectivity index (χ0) is 11.8. The van der Waals surface area contributed by atoms with E-state index in [1.165, 1.54) is 7.05 Å². The third kappa shape index (κ3) is 4.90.